The minimum atomic E-state index is -0.310. The number of nitrogens with one attached hydrogen (secondary N) is 1. The molecule has 3 N–H and O–H groups in total. The van der Waals surface area contributed by atoms with Crippen LogP contribution in [-0.2, 0) is 11.2 Å². The smallest absolute Gasteiger partial charge is 0.228 e. The third-order valence-electron chi connectivity index (χ3n) is 2.45. The summed E-state index contributed by atoms with van der Waals surface area (Å²) in [4.78, 5) is 11.7. The predicted molar refractivity (Wildman–Crippen MR) is 69.6 cm³/mol. The number of carbonyl (C=O) groups excluding carboxylic acids is 1. The molecule has 0 aliphatic carbocycles. The van der Waals surface area contributed by atoms with E-state index in [9.17, 15) is 9.18 Å². The quantitative estimate of drug-likeness (QED) is 0.815. The molecule has 0 aliphatic heterocycles. The first-order valence-corrected chi connectivity index (χ1v) is 5.53. The van der Waals surface area contributed by atoms with Crippen LogP contribution in [0.1, 0.15) is 5.56 Å². The van der Waals surface area contributed by atoms with E-state index < -0.39 is 0 Å². The molecule has 3 nitrogen and oxygen atoms in total. The van der Waals surface area contributed by atoms with Gasteiger partial charge in [0.05, 0.1) is 6.42 Å². The van der Waals surface area contributed by atoms with Crippen molar-refractivity contribution in [3.05, 3.63) is 59.9 Å². The highest BCUT2D eigenvalue weighted by Gasteiger charge is 2.04. The highest BCUT2D eigenvalue weighted by atomic mass is 19.1. The van der Waals surface area contributed by atoms with Crippen molar-refractivity contribution in [2.24, 2.45) is 0 Å². The van der Waals surface area contributed by atoms with E-state index in [2.05, 4.69) is 5.32 Å². The van der Waals surface area contributed by atoms with Crippen LogP contribution >= 0.6 is 0 Å². The summed E-state index contributed by atoms with van der Waals surface area (Å²) in [7, 11) is 0. The summed E-state index contributed by atoms with van der Waals surface area (Å²) in [5, 5.41) is 2.73. The number of benzene rings is 2. The van der Waals surface area contributed by atoms with Crippen LogP contribution in [0.15, 0.2) is 48.5 Å². The molecule has 2 rings (SSSR count). The monoisotopic (exact) mass is 244 g/mol. The van der Waals surface area contributed by atoms with Crippen LogP contribution < -0.4 is 11.1 Å². The Morgan fingerprint density at radius 3 is 2.56 bits per heavy atom. The Kier molecular flexibility index (Phi) is 3.57. The van der Waals surface area contributed by atoms with Gasteiger partial charge in [0, 0.05) is 11.4 Å². The normalized spacial score (nSPS) is 10.1. The summed E-state index contributed by atoms with van der Waals surface area (Å²) in [6.45, 7) is 0. The maximum atomic E-state index is 12.7. The standard InChI is InChI=1S/C14H13FN2O/c15-11-6-4-10(5-7-11)8-14(18)17-13-3-1-2-12(16)9-13/h1-7,9H,8,16H2,(H,17,18). The molecule has 92 valence electrons. The Labute approximate surface area is 104 Å². The van der Waals surface area contributed by atoms with E-state index in [4.69, 9.17) is 5.73 Å². The van der Waals surface area contributed by atoms with Crippen molar-refractivity contribution in [1.82, 2.24) is 0 Å². The Bertz CT molecular complexity index is 552. The van der Waals surface area contributed by atoms with Gasteiger partial charge in [-0.2, -0.15) is 0 Å². The van der Waals surface area contributed by atoms with Gasteiger partial charge in [0.2, 0.25) is 5.91 Å². The van der Waals surface area contributed by atoms with Gasteiger partial charge in [-0.3, -0.25) is 4.79 Å². The van der Waals surface area contributed by atoms with Crippen LogP contribution in [0, 0.1) is 5.82 Å². The molecule has 0 unspecified atom stereocenters. The fraction of sp³-hybridized carbons (Fsp3) is 0.0714. The van der Waals surface area contributed by atoms with Gasteiger partial charge in [0.15, 0.2) is 0 Å². The van der Waals surface area contributed by atoms with E-state index in [-0.39, 0.29) is 18.1 Å². The summed E-state index contributed by atoms with van der Waals surface area (Å²) in [5.74, 6) is -0.470. The molecule has 0 aliphatic rings. The molecule has 0 saturated heterocycles. The average molecular weight is 244 g/mol. The second-order valence-electron chi connectivity index (χ2n) is 3.98. The van der Waals surface area contributed by atoms with Crippen LogP contribution in [0.3, 0.4) is 0 Å². The first-order valence-electron chi connectivity index (χ1n) is 5.53. The minimum absolute atomic E-state index is 0.160. The summed E-state index contributed by atoms with van der Waals surface area (Å²) in [6, 6.07) is 12.8. The topological polar surface area (TPSA) is 55.1 Å². The van der Waals surface area contributed by atoms with E-state index in [1.165, 1.54) is 12.1 Å². The van der Waals surface area contributed by atoms with Gasteiger partial charge in [-0.1, -0.05) is 18.2 Å². The number of anilines is 2. The van der Waals surface area contributed by atoms with E-state index in [1.54, 1.807) is 36.4 Å². The molecule has 0 radical (unpaired) electrons. The van der Waals surface area contributed by atoms with E-state index in [1.807, 2.05) is 0 Å². The zero-order valence-corrected chi connectivity index (χ0v) is 9.69. The van der Waals surface area contributed by atoms with E-state index >= 15 is 0 Å². The number of nitrogens with two attached hydrogens (primary N) is 1. The van der Waals surface area contributed by atoms with Crippen molar-refractivity contribution < 1.29 is 9.18 Å². The molecule has 2 aromatic rings. The van der Waals surface area contributed by atoms with E-state index in [0.717, 1.165) is 5.56 Å². The van der Waals surface area contributed by atoms with Crippen molar-refractivity contribution >= 4 is 17.3 Å². The molecule has 0 aromatic heterocycles. The van der Waals surface area contributed by atoms with Gasteiger partial charge in [-0.15, -0.1) is 0 Å². The number of halogens is 1. The number of amides is 1. The lowest BCUT2D eigenvalue weighted by Gasteiger charge is -2.06. The highest BCUT2D eigenvalue weighted by Crippen LogP contribution is 2.12. The molecule has 0 saturated carbocycles. The second-order valence-corrected chi connectivity index (χ2v) is 3.98. The van der Waals surface area contributed by atoms with Gasteiger partial charge in [0.1, 0.15) is 5.82 Å². The van der Waals surface area contributed by atoms with Crippen LogP contribution in [0.25, 0.3) is 0 Å². The Balaban J connectivity index is 1.98. The van der Waals surface area contributed by atoms with Crippen molar-refractivity contribution in [1.29, 1.82) is 0 Å². The summed E-state index contributed by atoms with van der Waals surface area (Å²) >= 11 is 0. The molecule has 0 spiro atoms. The Hall–Kier alpha value is -2.36. The lowest BCUT2D eigenvalue weighted by Crippen LogP contribution is -2.14. The van der Waals surface area contributed by atoms with Gasteiger partial charge >= 0.3 is 0 Å². The maximum absolute atomic E-state index is 12.7. The largest absolute Gasteiger partial charge is 0.399 e. The third kappa shape index (κ3) is 3.31. The van der Waals surface area contributed by atoms with Gasteiger partial charge in [-0.25, -0.2) is 4.39 Å². The predicted octanol–water partition coefficient (Wildman–Crippen LogP) is 2.59. The van der Waals surface area contributed by atoms with Gasteiger partial charge < -0.3 is 11.1 Å². The fourth-order valence-electron chi connectivity index (χ4n) is 1.61. The zero-order valence-electron chi connectivity index (χ0n) is 9.69. The van der Waals surface area contributed by atoms with Crippen LogP contribution in [0.2, 0.25) is 0 Å². The minimum Gasteiger partial charge on any atom is -0.399 e. The van der Waals surface area contributed by atoms with Crippen LogP contribution in [0.4, 0.5) is 15.8 Å². The lowest BCUT2D eigenvalue weighted by molar-refractivity contribution is -0.115. The van der Waals surface area contributed by atoms with Crippen LogP contribution in [-0.4, -0.2) is 5.91 Å². The summed E-state index contributed by atoms with van der Waals surface area (Å²) < 4.78 is 12.7. The molecule has 4 heteroatoms. The molecule has 0 fully saturated rings. The highest BCUT2D eigenvalue weighted by molar-refractivity contribution is 5.92. The van der Waals surface area contributed by atoms with Gasteiger partial charge in [-0.05, 0) is 35.9 Å². The zero-order chi connectivity index (χ0) is 13.0. The number of hydrogen-bond donors (Lipinski definition) is 2. The molecule has 0 atom stereocenters. The SMILES string of the molecule is Nc1cccc(NC(=O)Cc2ccc(F)cc2)c1. The van der Waals surface area contributed by atoms with Crippen molar-refractivity contribution in [3.8, 4) is 0 Å². The number of carbonyl (C=O) groups is 1. The summed E-state index contributed by atoms with van der Waals surface area (Å²) in [5.41, 5.74) is 7.62. The fourth-order valence-corrected chi connectivity index (χ4v) is 1.61. The van der Waals surface area contributed by atoms with Crippen molar-refractivity contribution in [2.45, 2.75) is 6.42 Å². The summed E-state index contributed by atoms with van der Waals surface area (Å²) in [6.07, 6.45) is 0.203. The van der Waals surface area contributed by atoms with Crippen molar-refractivity contribution in [3.63, 3.8) is 0 Å². The molecule has 0 heterocycles. The van der Waals surface area contributed by atoms with Crippen molar-refractivity contribution in [2.75, 3.05) is 11.1 Å². The maximum Gasteiger partial charge on any atom is 0.228 e. The van der Waals surface area contributed by atoms with Gasteiger partial charge in [0.25, 0.3) is 0 Å². The first-order chi connectivity index (χ1) is 8.63. The first kappa shape index (κ1) is 12.1. The van der Waals surface area contributed by atoms with E-state index in [0.29, 0.717) is 11.4 Å². The molecule has 0 bridgehead atoms. The number of nitrogen functional groups attached to an aromatic ring is 1. The number of hydrogen-bond acceptors (Lipinski definition) is 2. The molecule has 2 aromatic carbocycles. The molecular formula is C14H13FN2O. The molecular weight excluding hydrogens is 231 g/mol. The second kappa shape index (κ2) is 5.31. The van der Waals surface area contributed by atoms with Crippen LogP contribution in [0.5, 0.6) is 0 Å². The number of rotatable bonds is 3. The Morgan fingerprint density at radius 1 is 1.17 bits per heavy atom. The Morgan fingerprint density at radius 2 is 1.89 bits per heavy atom. The lowest BCUT2D eigenvalue weighted by atomic mass is 10.1. The third-order valence-corrected chi connectivity index (χ3v) is 2.45. The molecule has 18 heavy (non-hydrogen) atoms. The average Bonchev–Trinajstić information content (AvgIpc) is 2.32. The molecule has 1 amide bonds.